The van der Waals surface area contributed by atoms with E-state index >= 15 is 0 Å². The molecule has 6 heteroatoms. The number of carbonyl (C=O) groups is 1. The van der Waals surface area contributed by atoms with Crippen molar-refractivity contribution in [3.8, 4) is 0 Å². The Kier molecular flexibility index (Phi) is 6.20. The van der Waals surface area contributed by atoms with Gasteiger partial charge in [-0.2, -0.15) is 0 Å². The molecule has 0 spiro atoms. The lowest BCUT2D eigenvalue weighted by molar-refractivity contribution is -0.132. The minimum atomic E-state index is 0.264. The summed E-state index contributed by atoms with van der Waals surface area (Å²) in [7, 11) is 0. The SMILES string of the molecule is Cc1nc(C)c(CC(=O)N2CCC[C@@H](N3CCN(c4ccccc4C)CC3)C2)s1. The zero-order valence-electron chi connectivity index (χ0n) is 17.9. The van der Waals surface area contributed by atoms with E-state index in [9.17, 15) is 4.79 Å². The zero-order chi connectivity index (χ0) is 20.4. The third-order valence-corrected chi connectivity index (χ3v) is 7.42. The lowest BCUT2D eigenvalue weighted by atomic mass is 10.0. The summed E-state index contributed by atoms with van der Waals surface area (Å²) in [6.07, 6.45) is 2.81. The molecule has 2 aromatic rings. The van der Waals surface area contributed by atoms with E-state index in [1.165, 1.54) is 17.7 Å². The van der Waals surface area contributed by atoms with E-state index in [0.717, 1.165) is 61.3 Å². The van der Waals surface area contributed by atoms with Crippen molar-refractivity contribution in [2.45, 2.75) is 46.1 Å². The van der Waals surface area contributed by atoms with Crippen LogP contribution in [0.25, 0.3) is 0 Å². The minimum absolute atomic E-state index is 0.264. The first-order valence-electron chi connectivity index (χ1n) is 10.8. The number of likely N-dealkylation sites (tertiary alicyclic amines) is 1. The highest BCUT2D eigenvalue weighted by Crippen LogP contribution is 2.24. The van der Waals surface area contributed by atoms with Crippen molar-refractivity contribution in [3.05, 3.63) is 45.4 Å². The van der Waals surface area contributed by atoms with E-state index in [2.05, 4.69) is 50.9 Å². The number of rotatable bonds is 4. The molecule has 2 saturated heterocycles. The van der Waals surface area contributed by atoms with Crippen LogP contribution in [0.2, 0.25) is 0 Å². The van der Waals surface area contributed by atoms with Gasteiger partial charge in [0.15, 0.2) is 0 Å². The molecule has 1 amide bonds. The van der Waals surface area contributed by atoms with E-state index in [-0.39, 0.29) is 5.91 Å². The average molecular weight is 413 g/mol. The summed E-state index contributed by atoms with van der Waals surface area (Å²) in [4.78, 5) is 25.7. The molecule has 29 heavy (non-hydrogen) atoms. The maximum atomic E-state index is 12.9. The molecular formula is C23H32N4OS. The highest BCUT2D eigenvalue weighted by Gasteiger charge is 2.30. The van der Waals surface area contributed by atoms with Crippen LogP contribution >= 0.6 is 11.3 Å². The Morgan fingerprint density at radius 3 is 2.55 bits per heavy atom. The van der Waals surface area contributed by atoms with Crippen LogP contribution in [-0.2, 0) is 11.2 Å². The Bertz CT molecular complexity index is 856. The molecule has 0 N–H and O–H groups in total. The fourth-order valence-corrected chi connectivity index (χ4v) is 5.64. The standard InChI is InChI=1S/C23H32N4OS/c1-17-7-4-5-9-21(17)26-13-11-25(12-14-26)20-8-6-10-27(16-20)23(28)15-22-18(2)24-19(3)29-22/h4-5,7,9,20H,6,8,10-16H2,1-3H3/t20-/m1/s1. The molecule has 0 unspecified atom stereocenters. The minimum Gasteiger partial charge on any atom is -0.369 e. The molecule has 1 aromatic carbocycles. The van der Waals surface area contributed by atoms with Gasteiger partial charge >= 0.3 is 0 Å². The smallest absolute Gasteiger partial charge is 0.227 e. The summed E-state index contributed by atoms with van der Waals surface area (Å²) >= 11 is 1.66. The van der Waals surface area contributed by atoms with Crippen LogP contribution in [0, 0.1) is 20.8 Å². The van der Waals surface area contributed by atoms with Crippen molar-refractivity contribution in [1.29, 1.82) is 0 Å². The summed E-state index contributed by atoms with van der Waals surface area (Å²) < 4.78 is 0. The summed E-state index contributed by atoms with van der Waals surface area (Å²) in [6, 6.07) is 9.16. The van der Waals surface area contributed by atoms with E-state index in [1.54, 1.807) is 11.3 Å². The summed E-state index contributed by atoms with van der Waals surface area (Å²) in [5, 5.41) is 1.05. The number of benzene rings is 1. The summed E-state index contributed by atoms with van der Waals surface area (Å²) in [6.45, 7) is 12.3. The van der Waals surface area contributed by atoms with Crippen molar-refractivity contribution in [2.75, 3.05) is 44.2 Å². The first-order chi connectivity index (χ1) is 14.0. The van der Waals surface area contributed by atoms with Gasteiger partial charge in [-0.3, -0.25) is 9.69 Å². The Hall–Kier alpha value is -1.92. The van der Waals surface area contributed by atoms with Crippen LogP contribution < -0.4 is 4.90 Å². The normalized spacial score (nSPS) is 20.9. The summed E-state index contributed by atoms with van der Waals surface area (Å²) in [5.74, 6) is 0.264. The number of amides is 1. The first-order valence-corrected chi connectivity index (χ1v) is 11.6. The van der Waals surface area contributed by atoms with Gasteiger partial charge in [-0.1, -0.05) is 18.2 Å². The Balaban J connectivity index is 1.32. The van der Waals surface area contributed by atoms with E-state index in [1.807, 2.05) is 13.8 Å². The van der Waals surface area contributed by atoms with Gasteiger partial charge in [-0.05, 0) is 45.2 Å². The number of piperidine rings is 1. The van der Waals surface area contributed by atoms with Crippen molar-refractivity contribution in [2.24, 2.45) is 0 Å². The molecule has 1 aromatic heterocycles. The molecule has 2 aliphatic rings. The lowest BCUT2D eigenvalue weighted by Gasteiger charge is -2.44. The Morgan fingerprint density at radius 1 is 1.10 bits per heavy atom. The Morgan fingerprint density at radius 2 is 1.86 bits per heavy atom. The second-order valence-corrected chi connectivity index (χ2v) is 9.65. The first kappa shape index (κ1) is 20.4. The van der Waals surface area contributed by atoms with Crippen molar-refractivity contribution < 1.29 is 4.79 Å². The van der Waals surface area contributed by atoms with Crippen LogP contribution in [0.4, 0.5) is 5.69 Å². The fourth-order valence-electron chi connectivity index (χ4n) is 4.71. The molecule has 2 aliphatic heterocycles. The largest absolute Gasteiger partial charge is 0.369 e. The number of hydrogen-bond donors (Lipinski definition) is 0. The number of nitrogens with zero attached hydrogens (tertiary/aromatic N) is 4. The molecule has 3 heterocycles. The molecule has 0 radical (unpaired) electrons. The van der Waals surface area contributed by atoms with Gasteiger partial charge in [0.25, 0.3) is 0 Å². The number of anilines is 1. The molecule has 0 bridgehead atoms. The fraction of sp³-hybridized carbons (Fsp3) is 0.565. The number of para-hydroxylation sites is 1. The van der Waals surface area contributed by atoms with Crippen LogP contribution in [-0.4, -0.2) is 66.0 Å². The number of thiazole rings is 1. The predicted octanol–water partition coefficient (Wildman–Crippen LogP) is 3.42. The van der Waals surface area contributed by atoms with E-state index in [4.69, 9.17) is 0 Å². The molecule has 156 valence electrons. The molecule has 1 atom stereocenters. The third kappa shape index (κ3) is 4.64. The number of aromatic nitrogens is 1. The van der Waals surface area contributed by atoms with Gasteiger partial charge in [0.1, 0.15) is 0 Å². The van der Waals surface area contributed by atoms with E-state index in [0.29, 0.717) is 12.5 Å². The molecule has 5 nitrogen and oxygen atoms in total. The van der Waals surface area contributed by atoms with Gasteiger partial charge in [0, 0.05) is 55.9 Å². The van der Waals surface area contributed by atoms with Crippen LogP contribution in [0.5, 0.6) is 0 Å². The predicted molar refractivity (Wildman–Crippen MR) is 120 cm³/mol. The molecular weight excluding hydrogens is 380 g/mol. The number of piperazine rings is 1. The highest BCUT2D eigenvalue weighted by atomic mass is 32.1. The third-order valence-electron chi connectivity index (χ3n) is 6.35. The number of aryl methyl sites for hydroxylation is 3. The maximum Gasteiger partial charge on any atom is 0.227 e. The molecule has 2 fully saturated rings. The van der Waals surface area contributed by atoms with Crippen LogP contribution in [0.1, 0.15) is 34.0 Å². The van der Waals surface area contributed by atoms with Crippen LogP contribution in [0.15, 0.2) is 24.3 Å². The second-order valence-electron chi connectivity index (χ2n) is 8.36. The average Bonchev–Trinajstić information content (AvgIpc) is 3.05. The number of carbonyl (C=O) groups excluding carboxylic acids is 1. The van der Waals surface area contributed by atoms with Crippen LogP contribution in [0.3, 0.4) is 0 Å². The molecule has 4 rings (SSSR count). The van der Waals surface area contributed by atoms with Crippen molar-refractivity contribution in [1.82, 2.24) is 14.8 Å². The second kappa shape index (κ2) is 8.84. The lowest BCUT2D eigenvalue weighted by Crippen LogP contribution is -2.56. The molecule has 0 saturated carbocycles. The highest BCUT2D eigenvalue weighted by molar-refractivity contribution is 7.11. The van der Waals surface area contributed by atoms with Gasteiger partial charge in [0.05, 0.1) is 17.1 Å². The Labute approximate surface area is 178 Å². The van der Waals surface area contributed by atoms with Crippen molar-refractivity contribution in [3.63, 3.8) is 0 Å². The molecule has 0 aliphatic carbocycles. The van der Waals surface area contributed by atoms with Gasteiger partial charge < -0.3 is 9.80 Å². The quantitative estimate of drug-likeness (QED) is 0.771. The van der Waals surface area contributed by atoms with Gasteiger partial charge in [-0.15, -0.1) is 11.3 Å². The topological polar surface area (TPSA) is 39.7 Å². The monoisotopic (exact) mass is 412 g/mol. The zero-order valence-corrected chi connectivity index (χ0v) is 18.7. The van der Waals surface area contributed by atoms with E-state index < -0.39 is 0 Å². The number of hydrogen-bond acceptors (Lipinski definition) is 5. The maximum absolute atomic E-state index is 12.9. The van der Waals surface area contributed by atoms with Gasteiger partial charge in [0.2, 0.25) is 5.91 Å². The summed E-state index contributed by atoms with van der Waals surface area (Å²) in [5.41, 5.74) is 3.73. The van der Waals surface area contributed by atoms with Crippen molar-refractivity contribution >= 4 is 22.9 Å². The van der Waals surface area contributed by atoms with Gasteiger partial charge in [-0.25, -0.2) is 4.98 Å².